The number of halogens is 5. The molecule has 2 aromatic rings. The van der Waals surface area contributed by atoms with Gasteiger partial charge in [0.1, 0.15) is 5.82 Å². The standard InChI is InChI=1S/C15H10BrF4NO6S/c1-5-3-6-10(16)8(17)4-7-11(6)21(5)13(22)9(14(23)26-2)12(7)27-28(24,25)15(18,19)20/h4-5H,3H2,1-2H3. The first-order chi connectivity index (χ1) is 12.8. The van der Waals surface area contributed by atoms with Crippen molar-refractivity contribution in [1.29, 1.82) is 0 Å². The molecule has 0 saturated carbocycles. The van der Waals surface area contributed by atoms with Gasteiger partial charge >= 0.3 is 21.6 Å². The fourth-order valence-corrected chi connectivity index (χ4v) is 4.04. The van der Waals surface area contributed by atoms with E-state index >= 15 is 0 Å². The summed E-state index contributed by atoms with van der Waals surface area (Å²) in [7, 11) is -5.41. The van der Waals surface area contributed by atoms with Gasteiger partial charge in [-0.25, -0.2) is 9.18 Å². The van der Waals surface area contributed by atoms with Gasteiger partial charge in [-0.2, -0.15) is 21.6 Å². The van der Waals surface area contributed by atoms with Crippen LogP contribution in [-0.2, 0) is 21.3 Å². The molecule has 13 heteroatoms. The number of alkyl halides is 3. The second-order valence-electron chi connectivity index (χ2n) is 5.95. The molecule has 1 aliphatic rings. The van der Waals surface area contributed by atoms with E-state index in [2.05, 4.69) is 24.8 Å². The fraction of sp³-hybridized carbons (Fsp3) is 0.333. The number of hydrogen-bond acceptors (Lipinski definition) is 6. The minimum absolute atomic E-state index is 0.0343. The summed E-state index contributed by atoms with van der Waals surface area (Å²) < 4.78 is 85.4. The molecule has 1 atom stereocenters. The molecule has 152 valence electrons. The lowest BCUT2D eigenvalue weighted by atomic mass is 10.1. The third-order valence-electron chi connectivity index (χ3n) is 4.24. The van der Waals surface area contributed by atoms with Crippen molar-refractivity contribution in [2.24, 2.45) is 0 Å². The second kappa shape index (κ2) is 6.44. The lowest BCUT2D eigenvalue weighted by Crippen LogP contribution is -2.32. The SMILES string of the molecule is COC(=O)c1c(OS(=O)(=O)C(F)(F)F)c2cc(F)c(Br)c3c2n(c1=O)C(C)C3. The van der Waals surface area contributed by atoms with Crippen LogP contribution >= 0.6 is 15.9 Å². The number of nitrogens with zero attached hydrogens (tertiary/aromatic N) is 1. The van der Waals surface area contributed by atoms with Crippen LogP contribution in [0.1, 0.15) is 28.9 Å². The zero-order chi connectivity index (χ0) is 21.2. The molecule has 0 N–H and O–H groups in total. The average Bonchev–Trinajstić information content (AvgIpc) is 2.93. The molecular formula is C15H10BrF4NO6S. The zero-order valence-corrected chi connectivity index (χ0v) is 16.5. The summed E-state index contributed by atoms with van der Waals surface area (Å²) in [5.74, 6) is -3.60. The minimum Gasteiger partial charge on any atom is -0.465 e. The lowest BCUT2D eigenvalue weighted by Gasteiger charge is -2.17. The zero-order valence-electron chi connectivity index (χ0n) is 14.1. The van der Waals surface area contributed by atoms with E-state index in [0.29, 0.717) is 6.07 Å². The van der Waals surface area contributed by atoms with Gasteiger partial charge in [0.15, 0.2) is 11.3 Å². The number of aromatic nitrogens is 1. The summed E-state index contributed by atoms with van der Waals surface area (Å²) in [5, 5.41) is -0.479. The number of rotatable bonds is 3. The predicted octanol–water partition coefficient (Wildman–Crippen LogP) is 3.04. The predicted molar refractivity (Wildman–Crippen MR) is 91.2 cm³/mol. The highest BCUT2D eigenvalue weighted by Crippen LogP contribution is 2.42. The number of ether oxygens (including phenoxy) is 1. The Morgan fingerprint density at radius 3 is 2.50 bits per heavy atom. The molecule has 1 aliphatic heterocycles. The number of carbonyl (C=O) groups excluding carboxylic acids is 1. The first kappa shape index (κ1) is 20.6. The maximum Gasteiger partial charge on any atom is 0.534 e. The van der Waals surface area contributed by atoms with Crippen LogP contribution in [0.3, 0.4) is 0 Å². The Labute approximate surface area is 163 Å². The molecule has 0 bridgehead atoms. The van der Waals surface area contributed by atoms with Gasteiger partial charge in [-0.3, -0.25) is 4.79 Å². The van der Waals surface area contributed by atoms with E-state index in [4.69, 9.17) is 0 Å². The van der Waals surface area contributed by atoms with Crippen molar-refractivity contribution in [2.45, 2.75) is 24.9 Å². The van der Waals surface area contributed by atoms with Gasteiger partial charge in [-0.1, -0.05) is 0 Å². The largest absolute Gasteiger partial charge is 0.534 e. The van der Waals surface area contributed by atoms with E-state index in [0.717, 1.165) is 11.7 Å². The van der Waals surface area contributed by atoms with Crippen LogP contribution in [0.5, 0.6) is 5.75 Å². The Morgan fingerprint density at radius 2 is 1.96 bits per heavy atom. The normalized spacial score (nSPS) is 16.5. The molecular weight excluding hydrogens is 478 g/mol. The Morgan fingerprint density at radius 1 is 1.36 bits per heavy atom. The molecule has 2 heterocycles. The summed E-state index contributed by atoms with van der Waals surface area (Å²) in [5.41, 5.74) is -7.84. The Kier molecular flexibility index (Phi) is 4.73. The molecule has 0 saturated heterocycles. The van der Waals surface area contributed by atoms with E-state index < -0.39 is 55.7 Å². The van der Waals surface area contributed by atoms with Crippen molar-refractivity contribution in [1.82, 2.24) is 4.57 Å². The van der Waals surface area contributed by atoms with Crippen LogP contribution in [0.25, 0.3) is 10.9 Å². The van der Waals surface area contributed by atoms with Crippen molar-refractivity contribution in [3.05, 3.63) is 37.8 Å². The molecule has 0 amide bonds. The second-order valence-corrected chi connectivity index (χ2v) is 8.29. The van der Waals surface area contributed by atoms with E-state index in [1.807, 2.05) is 0 Å². The molecule has 0 fully saturated rings. The fourth-order valence-electron chi connectivity index (χ4n) is 3.09. The molecule has 1 unspecified atom stereocenters. The molecule has 0 aliphatic carbocycles. The Bertz CT molecular complexity index is 1190. The first-order valence-corrected chi connectivity index (χ1v) is 9.70. The maximum absolute atomic E-state index is 14.3. The van der Waals surface area contributed by atoms with Crippen molar-refractivity contribution in [3.63, 3.8) is 0 Å². The number of carbonyl (C=O) groups is 1. The van der Waals surface area contributed by atoms with Crippen molar-refractivity contribution in [3.8, 4) is 5.75 Å². The van der Waals surface area contributed by atoms with Crippen molar-refractivity contribution in [2.75, 3.05) is 7.11 Å². The third-order valence-corrected chi connectivity index (χ3v) is 6.05. The summed E-state index contributed by atoms with van der Waals surface area (Å²) in [4.78, 5) is 24.9. The molecule has 28 heavy (non-hydrogen) atoms. The van der Waals surface area contributed by atoms with Crippen LogP contribution in [0.4, 0.5) is 17.6 Å². The van der Waals surface area contributed by atoms with Crippen molar-refractivity contribution >= 4 is 42.9 Å². The number of hydrogen-bond donors (Lipinski definition) is 0. The number of benzene rings is 1. The van der Waals surface area contributed by atoms with Crippen LogP contribution in [0, 0.1) is 5.82 Å². The third kappa shape index (κ3) is 2.87. The summed E-state index contributed by atoms with van der Waals surface area (Å²) >= 11 is 3.00. The first-order valence-electron chi connectivity index (χ1n) is 7.50. The molecule has 0 spiro atoms. The van der Waals surface area contributed by atoms with E-state index in [1.54, 1.807) is 6.92 Å². The van der Waals surface area contributed by atoms with Gasteiger partial charge in [0.2, 0.25) is 0 Å². The number of pyridine rings is 1. The molecule has 3 rings (SSSR count). The van der Waals surface area contributed by atoms with Gasteiger partial charge in [0, 0.05) is 11.4 Å². The monoisotopic (exact) mass is 487 g/mol. The highest BCUT2D eigenvalue weighted by atomic mass is 79.9. The lowest BCUT2D eigenvalue weighted by molar-refractivity contribution is -0.0500. The van der Waals surface area contributed by atoms with Crippen LogP contribution in [-0.4, -0.2) is 31.6 Å². The maximum atomic E-state index is 14.3. The van der Waals surface area contributed by atoms with Crippen LogP contribution < -0.4 is 9.74 Å². The Balaban J connectivity index is 2.52. The minimum atomic E-state index is -6.26. The molecule has 0 radical (unpaired) electrons. The average molecular weight is 488 g/mol. The van der Waals surface area contributed by atoms with Crippen LogP contribution in [0.2, 0.25) is 0 Å². The summed E-state index contributed by atoms with van der Waals surface area (Å²) in [6.45, 7) is 1.57. The molecule has 1 aromatic carbocycles. The highest BCUT2D eigenvalue weighted by molar-refractivity contribution is 9.10. The quantitative estimate of drug-likeness (QED) is 0.286. The van der Waals surface area contributed by atoms with E-state index in [9.17, 15) is 35.6 Å². The van der Waals surface area contributed by atoms with Gasteiger partial charge in [0.25, 0.3) is 5.56 Å². The van der Waals surface area contributed by atoms with Gasteiger partial charge in [-0.05, 0) is 40.9 Å². The number of esters is 1. The summed E-state index contributed by atoms with van der Waals surface area (Å²) in [6.07, 6.45) is 0.111. The highest BCUT2D eigenvalue weighted by Gasteiger charge is 2.50. The van der Waals surface area contributed by atoms with Crippen LogP contribution in [0.15, 0.2) is 15.3 Å². The Hall–Kier alpha value is -2.15. The van der Waals surface area contributed by atoms with E-state index in [-0.39, 0.29) is 22.0 Å². The number of methoxy groups -OCH3 is 1. The smallest absolute Gasteiger partial charge is 0.465 e. The molecule has 7 nitrogen and oxygen atoms in total. The summed E-state index contributed by atoms with van der Waals surface area (Å²) in [6, 6.07) is 0.102. The van der Waals surface area contributed by atoms with Crippen molar-refractivity contribution < 1.29 is 39.7 Å². The topological polar surface area (TPSA) is 91.7 Å². The molecule has 1 aromatic heterocycles. The van der Waals surface area contributed by atoms with Gasteiger partial charge < -0.3 is 13.5 Å². The van der Waals surface area contributed by atoms with Gasteiger partial charge in [-0.15, -0.1) is 0 Å². The van der Waals surface area contributed by atoms with Gasteiger partial charge in [0.05, 0.1) is 17.1 Å². The van der Waals surface area contributed by atoms with E-state index in [1.165, 1.54) is 0 Å².